The van der Waals surface area contributed by atoms with Crippen LogP contribution in [0.3, 0.4) is 0 Å². The van der Waals surface area contributed by atoms with Crippen LogP contribution in [0, 0.1) is 23.2 Å². The Hall–Kier alpha value is -1.91. The van der Waals surface area contributed by atoms with Gasteiger partial charge in [0.25, 0.3) is 5.91 Å². The van der Waals surface area contributed by atoms with Gasteiger partial charge < -0.3 is 10.2 Å². The largest absolute Gasteiger partial charge is 0.434 e. The van der Waals surface area contributed by atoms with Crippen molar-refractivity contribution in [2.45, 2.75) is 70.5 Å². The summed E-state index contributed by atoms with van der Waals surface area (Å²) in [7, 11) is -3.27. The van der Waals surface area contributed by atoms with Gasteiger partial charge in [-0.2, -0.15) is 13.2 Å². The molecule has 194 valence electrons. The van der Waals surface area contributed by atoms with Gasteiger partial charge in [0.1, 0.15) is 0 Å². The van der Waals surface area contributed by atoms with E-state index in [1.54, 1.807) is 0 Å². The Bertz CT molecular complexity index is 1090. The average Bonchev–Trinajstić information content (AvgIpc) is 2.94. The number of alkyl halides is 3. The molecule has 35 heavy (non-hydrogen) atoms. The minimum atomic E-state index is -4.84. The molecule has 5 fully saturated rings. The molecule has 1 aliphatic heterocycles. The fourth-order valence-corrected chi connectivity index (χ4v) is 8.53. The first-order chi connectivity index (χ1) is 16.3. The zero-order valence-corrected chi connectivity index (χ0v) is 21.0. The SMILES string of the molecule is CC(C)C12CCC3(Nc4ncc(C(=O)N5CCS(=O)(=O)CC5)c(C(F)(F)F)n4)CC(CC(C3)C1)C2. The van der Waals surface area contributed by atoms with Crippen molar-refractivity contribution in [1.29, 1.82) is 0 Å². The molecule has 2 unspecified atom stereocenters. The molecule has 1 aromatic rings. The summed E-state index contributed by atoms with van der Waals surface area (Å²) in [6.07, 6.45) is 3.40. The lowest BCUT2D eigenvalue weighted by molar-refractivity contribution is -0.141. The maximum Gasteiger partial charge on any atom is 0.434 e. The Morgan fingerprint density at radius 2 is 1.74 bits per heavy atom. The van der Waals surface area contributed by atoms with Crippen LogP contribution in [0.5, 0.6) is 0 Å². The summed E-state index contributed by atoms with van der Waals surface area (Å²) >= 11 is 0. The van der Waals surface area contributed by atoms with Crippen LogP contribution in [0.15, 0.2) is 6.20 Å². The topological polar surface area (TPSA) is 92.3 Å². The van der Waals surface area contributed by atoms with Crippen LogP contribution in [0.2, 0.25) is 0 Å². The lowest BCUT2D eigenvalue weighted by atomic mass is 9.57. The first-order valence-corrected chi connectivity index (χ1v) is 14.3. The van der Waals surface area contributed by atoms with Crippen molar-refractivity contribution in [3.8, 4) is 0 Å². The minimum Gasteiger partial charge on any atom is -0.349 e. The van der Waals surface area contributed by atoms with E-state index in [1.165, 1.54) is 19.3 Å². The number of nitrogens with zero attached hydrogens (tertiary/aromatic N) is 3. The molecule has 4 saturated carbocycles. The highest BCUT2D eigenvalue weighted by Crippen LogP contribution is 2.61. The number of rotatable bonds is 4. The van der Waals surface area contributed by atoms with Gasteiger partial charge in [-0.3, -0.25) is 4.79 Å². The molecule has 11 heteroatoms. The van der Waals surface area contributed by atoms with Gasteiger partial charge in [-0.25, -0.2) is 18.4 Å². The van der Waals surface area contributed by atoms with E-state index < -0.39 is 33.2 Å². The number of amides is 1. The number of carbonyl (C=O) groups is 1. The number of nitrogens with one attached hydrogen (secondary N) is 1. The molecule has 1 saturated heterocycles. The molecular formula is C24H33F3N4O3S. The van der Waals surface area contributed by atoms with Crippen molar-refractivity contribution in [3.63, 3.8) is 0 Å². The summed E-state index contributed by atoms with van der Waals surface area (Å²) in [6.45, 7) is 4.30. The zero-order chi connectivity index (χ0) is 25.2. The quantitative estimate of drug-likeness (QED) is 0.649. The van der Waals surface area contributed by atoms with Crippen molar-refractivity contribution < 1.29 is 26.4 Å². The van der Waals surface area contributed by atoms with Gasteiger partial charge in [0.05, 0.1) is 17.1 Å². The van der Waals surface area contributed by atoms with Gasteiger partial charge in [0.2, 0.25) is 5.95 Å². The molecule has 4 aliphatic carbocycles. The molecule has 1 N–H and O–H groups in total. The van der Waals surface area contributed by atoms with Crippen LogP contribution in [0.4, 0.5) is 19.1 Å². The smallest absolute Gasteiger partial charge is 0.349 e. The van der Waals surface area contributed by atoms with E-state index in [1.807, 2.05) is 0 Å². The fraction of sp³-hybridized carbons (Fsp3) is 0.792. The molecule has 0 radical (unpaired) electrons. The molecule has 1 aromatic heterocycles. The second kappa shape index (κ2) is 8.31. The van der Waals surface area contributed by atoms with E-state index in [0.29, 0.717) is 23.2 Å². The number of fused-ring (bicyclic) bond motifs is 1. The molecule has 7 nitrogen and oxygen atoms in total. The van der Waals surface area contributed by atoms with Crippen LogP contribution < -0.4 is 5.32 Å². The Labute approximate surface area is 204 Å². The molecular weight excluding hydrogens is 481 g/mol. The van der Waals surface area contributed by atoms with Gasteiger partial charge in [0.15, 0.2) is 15.5 Å². The predicted octanol–water partition coefficient (Wildman–Crippen LogP) is 4.16. The average molecular weight is 515 g/mol. The highest BCUT2D eigenvalue weighted by molar-refractivity contribution is 7.91. The molecule has 6 rings (SSSR count). The van der Waals surface area contributed by atoms with E-state index in [-0.39, 0.29) is 36.1 Å². The van der Waals surface area contributed by atoms with Crippen molar-refractivity contribution in [3.05, 3.63) is 17.5 Å². The van der Waals surface area contributed by atoms with Gasteiger partial charge in [-0.05, 0) is 68.1 Å². The number of halogens is 3. The summed E-state index contributed by atoms with van der Waals surface area (Å²) in [5, 5.41) is 3.32. The van der Waals surface area contributed by atoms with Crippen molar-refractivity contribution in [2.24, 2.45) is 23.2 Å². The van der Waals surface area contributed by atoms with Crippen LogP contribution in [-0.4, -0.2) is 59.3 Å². The third-order valence-corrected chi connectivity index (χ3v) is 10.6. The van der Waals surface area contributed by atoms with Gasteiger partial charge >= 0.3 is 6.18 Å². The highest BCUT2D eigenvalue weighted by Gasteiger charge is 2.54. The van der Waals surface area contributed by atoms with E-state index in [0.717, 1.165) is 36.8 Å². The number of carbonyl (C=O) groups excluding carboxylic acids is 1. The first kappa shape index (κ1) is 24.8. The Kier molecular flexibility index (Phi) is 5.88. The minimum absolute atomic E-state index is 0.0894. The summed E-state index contributed by atoms with van der Waals surface area (Å²) < 4.78 is 65.3. The first-order valence-electron chi connectivity index (χ1n) is 12.5. The molecule has 2 atom stereocenters. The summed E-state index contributed by atoms with van der Waals surface area (Å²) in [5.74, 6) is 0.186. The van der Waals surface area contributed by atoms with Crippen LogP contribution >= 0.6 is 0 Å². The second-order valence-corrected chi connectivity index (χ2v) is 13.9. The third kappa shape index (κ3) is 4.64. The summed E-state index contributed by atoms with van der Waals surface area (Å²) in [5.41, 5.74) is -1.92. The molecule has 2 heterocycles. The van der Waals surface area contributed by atoms with Crippen molar-refractivity contribution >= 4 is 21.7 Å². The number of anilines is 1. The lowest BCUT2D eigenvalue weighted by Gasteiger charge is -2.50. The normalized spacial score (nSPS) is 34.2. The van der Waals surface area contributed by atoms with Crippen LogP contribution in [0.1, 0.15) is 74.8 Å². The Balaban J connectivity index is 1.41. The van der Waals surface area contributed by atoms with Crippen LogP contribution in [-0.2, 0) is 16.0 Å². The van der Waals surface area contributed by atoms with Crippen LogP contribution in [0.25, 0.3) is 0 Å². The maximum absolute atomic E-state index is 14.0. The fourth-order valence-electron chi connectivity index (χ4n) is 7.33. The highest BCUT2D eigenvalue weighted by atomic mass is 32.2. The monoisotopic (exact) mass is 514 g/mol. The maximum atomic E-state index is 14.0. The van der Waals surface area contributed by atoms with E-state index >= 15 is 0 Å². The van der Waals surface area contributed by atoms with E-state index in [2.05, 4.69) is 29.1 Å². The van der Waals surface area contributed by atoms with E-state index in [9.17, 15) is 26.4 Å². The standard InChI is InChI=1S/C24H33F3N4O3S/c1-15(2)22-3-4-23(12-16(10-22)9-17(11-22)13-23)30-21-28-14-18(19(29-21)24(25,26)27)20(32)31-5-7-35(33,34)8-6-31/h14-17H,3-13H2,1-2H3,(H,28,29,30). The molecule has 0 aromatic carbocycles. The van der Waals surface area contributed by atoms with E-state index in [4.69, 9.17) is 0 Å². The Morgan fingerprint density at radius 1 is 1.11 bits per heavy atom. The second-order valence-electron chi connectivity index (χ2n) is 11.6. The van der Waals surface area contributed by atoms with Crippen molar-refractivity contribution in [2.75, 3.05) is 29.9 Å². The number of sulfone groups is 1. The zero-order valence-electron chi connectivity index (χ0n) is 20.2. The number of hydrogen-bond acceptors (Lipinski definition) is 6. The number of aromatic nitrogens is 2. The molecule has 5 aliphatic rings. The number of hydrogen-bond donors (Lipinski definition) is 1. The van der Waals surface area contributed by atoms with Gasteiger partial charge in [-0.1, -0.05) is 13.8 Å². The summed E-state index contributed by atoms with van der Waals surface area (Å²) in [6, 6.07) is 0. The summed E-state index contributed by atoms with van der Waals surface area (Å²) in [4.78, 5) is 22.0. The third-order valence-electron chi connectivity index (χ3n) is 9.04. The lowest BCUT2D eigenvalue weighted by Crippen LogP contribution is -2.47. The predicted molar refractivity (Wildman–Crippen MR) is 125 cm³/mol. The molecule has 4 bridgehead atoms. The Morgan fingerprint density at radius 3 is 2.31 bits per heavy atom. The van der Waals surface area contributed by atoms with Gasteiger partial charge in [0, 0.05) is 24.8 Å². The van der Waals surface area contributed by atoms with Crippen molar-refractivity contribution in [1.82, 2.24) is 14.9 Å². The molecule has 0 spiro atoms. The molecule has 1 amide bonds. The van der Waals surface area contributed by atoms with Gasteiger partial charge in [-0.15, -0.1) is 0 Å².